The summed E-state index contributed by atoms with van der Waals surface area (Å²) in [6, 6.07) is 12.4. The van der Waals surface area contributed by atoms with Crippen molar-refractivity contribution in [2.45, 2.75) is 54.8 Å². The fourth-order valence-electron chi connectivity index (χ4n) is 6.76. The van der Waals surface area contributed by atoms with Crippen molar-refractivity contribution >= 4 is 60.8 Å². The molecule has 4 aliphatic rings. The number of phosphoric ester groups is 1. The Morgan fingerprint density at radius 2 is 1.68 bits per heavy atom. The van der Waals surface area contributed by atoms with Crippen LogP contribution in [0.1, 0.15) is 22.1 Å². The van der Waals surface area contributed by atoms with E-state index in [1.165, 1.54) is 42.3 Å². The van der Waals surface area contributed by atoms with Gasteiger partial charge in [0.1, 0.15) is 53.9 Å². The SMILES string of the molecule is COc1ccc(C(=O)Oc2ccc(CSP3(=O)OC[C@H]4OC(C5C=CC(=O)NC5=O)[C@H](F)C4OP(=O)(O)OC[C@H]4O[C@@H](n5cnc6c(N)ncnc65)[C@H](O3)[C@@H]4F)cc2)cc1. The molecule has 20 nitrogen and oxygen atoms in total. The third kappa shape index (κ3) is 8.73. The summed E-state index contributed by atoms with van der Waals surface area (Å²) in [6.45, 7) is -6.45. The first-order chi connectivity index (χ1) is 28.7. The van der Waals surface area contributed by atoms with Crippen LogP contribution in [-0.4, -0.2) is 105 Å². The van der Waals surface area contributed by atoms with E-state index in [0.29, 0.717) is 22.7 Å². The van der Waals surface area contributed by atoms with Gasteiger partial charge >= 0.3 is 20.6 Å². The molecule has 3 saturated heterocycles. The van der Waals surface area contributed by atoms with Crippen molar-refractivity contribution < 1.29 is 74.2 Å². The molecule has 0 spiro atoms. The Labute approximate surface area is 341 Å². The zero-order chi connectivity index (χ0) is 42.3. The van der Waals surface area contributed by atoms with Crippen molar-refractivity contribution in [1.82, 2.24) is 24.8 Å². The van der Waals surface area contributed by atoms with Crippen molar-refractivity contribution in [3.8, 4) is 11.5 Å². The summed E-state index contributed by atoms with van der Waals surface area (Å²) >= 11 is 0.598. The molecule has 0 radical (unpaired) electrons. The van der Waals surface area contributed by atoms with Crippen LogP contribution < -0.4 is 20.5 Å². The Morgan fingerprint density at radius 1 is 0.950 bits per heavy atom. The van der Waals surface area contributed by atoms with Crippen LogP contribution in [0.2, 0.25) is 0 Å². The standard InChI is InChI=1S/C35H34F2N6O14P2S/c1-50-19-8-4-18(5-9-19)35(46)53-20-6-2-17(3-7-20)14-60-59(49)52-13-23-29(26(37)28(54-23)21-10-11-24(44)42-33(21)45)56-58(47,48)51-12-22-25(36)30(57-59)34(55-22)43-16-41-27-31(38)39-15-40-32(27)43/h2-11,15-16,21-23,25-26,28-30,34H,12-14H2,1H3,(H,47,48)(H2,38,39,40)(H,42,44,45)/t21?,22-,23-,25-,26+,28?,29?,30-,34-,59?/m1/s1. The molecular weight excluding hydrogens is 860 g/mol. The lowest BCUT2D eigenvalue weighted by Gasteiger charge is -2.27. The van der Waals surface area contributed by atoms with Gasteiger partial charge in [-0.25, -0.2) is 37.7 Å². The number of imide groups is 1. The lowest BCUT2D eigenvalue weighted by Crippen LogP contribution is -2.45. The monoisotopic (exact) mass is 894 g/mol. The number of nitrogen functional groups attached to an aromatic ring is 1. The Morgan fingerprint density at radius 3 is 2.42 bits per heavy atom. The fraction of sp³-hybridized carbons (Fsp3) is 0.371. The summed E-state index contributed by atoms with van der Waals surface area (Å²) in [4.78, 5) is 60.1. The van der Waals surface area contributed by atoms with E-state index in [9.17, 15) is 28.4 Å². The van der Waals surface area contributed by atoms with Gasteiger partial charge in [-0.1, -0.05) is 18.2 Å². The number of hydrogen-bond donors (Lipinski definition) is 3. The number of benzene rings is 2. The fourth-order valence-corrected chi connectivity index (χ4v) is 11.1. The number of phosphoric acid groups is 1. The number of esters is 1. The minimum atomic E-state index is -5.26. The van der Waals surface area contributed by atoms with E-state index >= 15 is 8.78 Å². The van der Waals surface area contributed by atoms with E-state index < -0.39 is 101 Å². The van der Waals surface area contributed by atoms with Crippen LogP contribution in [0, 0.1) is 5.92 Å². The van der Waals surface area contributed by atoms with Gasteiger partial charge < -0.3 is 29.6 Å². The molecule has 2 amide bonds. The highest BCUT2D eigenvalue weighted by Crippen LogP contribution is 2.65. The number of aromatic nitrogens is 4. The Kier molecular flexibility index (Phi) is 11.9. The highest BCUT2D eigenvalue weighted by molar-refractivity contribution is 8.54. The summed E-state index contributed by atoms with van der Waals surface area (Å²) in [6.07, 6.45) is -10.3. The number of methoxy groups -OCH3 is 1. The number of ether oxygens (including phenoxy) is 4. The number of nitrogens with two attached hydrogens (primary N) is 1. The van der Waals surface area contributed by atoms with Crippen LogP contribution in [0.15, 0.2) is 73.3 Å². The Bertz CT molecular complexity index is 2410. The van der Waals surface area contributed by atoms with Gasteiger partial charge in [0.05, 0.1) is 38.1 Å². The largest absolute Gasteiger partial charge is 0.497 e. The molecule has 2 aromatic heterocycles. The summed E-state index contributed by atoms with van der Waals surface area (Å²) in [5.41, 5.74) is 6.94. The molecule has 6 heterocycles. The minimum absolute atomic E-state index is 0.0131. The minimum Gasteiger partial charge on any atom is -0.497 e. The van der Waals surface area contributed by atoms with Gasteiger partial charge in [-0.3, -0.25) is 37.6 Å². The third-order valence-corrected chi connectivity index (χ3v) is 14.4. The quantitative estimate of drug-likeness (QED) is 0.0984. The molecule has 8 rings (SSSR count). The van der Waals surface area contributed by atoms with Crippen molar-refractivity contribution in [3.63, 3.8) is 0 Å². The summed E-state index contributed by atoms with van der Waals surface area (Å²) in [7, 11) is -3.76. The summed E-state index contributed by atoms with van der Waals surface area (Å²) < 4.78 is 107. The van der Waals surface area contributed by atoms with Crippen molar-refractivity contribution in [1.29, 1.82) is 0 Å². The van der Waals surface area contributed by atoms with Gasteiger partial charge in [-0.2, -0.15) is 0 Å². The first-order valence-corrected chi connectivity index (χ1v) is 22.6. The van der Waals surface area contributed by atoms with Gasteiger partial charge in [-0.05, 0) is 53.3 Å². The van der Waals surface area contributed by atoms with Crippen LogP contribution in [0.3, 0.4) is 0 Å². The number of fused-ring (bicyclic) bond motifs is 4. The van der Waals surface area contributed by atoms with Gasteiger partial charge in [0.15, 0.2) is 30.0 Å². The molecule has 4 aliphatic heterocycles. The maximum Gasteiger partial charge on any atom is 0.472 e. The molecule has 0 saturated carbocycles. The lowest BCUT2D eigenvalue weighted by molar-refractivity contribution is -0.135. The molecule has 60 heavy (non-hydrogen) atoms. The number of carbonyl (C=O) groups excluding carboxylic acids is 3. The number of halogens is 2. The molecule has 4 aromatic rings. The van der Waals surface area contributed by atoms with Crippen molar-refractivity contribution in [3.05, 3.63) is 84.5 Å². The van der Waals surface area contributed by atoms with E-state index in [0.717, 1.165) is 18.5 Å². The number of anilines is 1. The number of carbonyl (C=O) groups is 3. The molecule has 5 unspecified atom stereocenters. The van der Waals surface area contributed by atoms with Gasteiger partial charge in [0.2, 0.25) is 11.8 Å². The number of alkyl halides is 2. The molecule has 2 bridgehead atoms. The first-order valence-electron chi connectivity index (χ1n) is 17.9. The van der Waals surface area contributed by atoms with E-state index in [1.807, 2.05) is 5.32 Å². The summed E-state index contributed by atoms with van der Waals surface area (Å²) in [5, 5.41) is 2.03. The van der Waals surface area contributed by atoms with Crippen molar-refractivity contribution in [2.24, 2.45) is 5.92 Å². The van der Waals surface area contributed by atoms with Crippen LogP contribution in [0.4, 0.5) is 14.6 Å². The van der Waals surface area contributed by atoms with E-state index in [-0.39, 0.29) is 34.0 Å². The zero-order valence-corrected chi connectivity index (χ0v) is 33.5. The van der Waals surface area contributed by atoms with E-state index in [1.54, 1.807) is 24.3 Å². The maximum absolute atomic E-state index is 16.5. The maximum atomic E-state index is 16.5. The second-order valence-electron chi connectivity index (χ2n) is 13.6. The van der Waals surface area contributed by atoms with Crippen LogP contribution in [0.5, 0.6) is 11.5 Å². The highest BCUT2D eigenvalue weighted by atomic mass is 32.7. The van der Waals surface area contributed by atoms with E-state index in [4.69, 9.17) is 42.8 Å². The third-order valence-electron chi connectivity index (χ3n) is 9.76. The molecule has 3 fully saturated rings. The molecule has 2 aromatic carbocycles. The number of imidazole rings is 1. The highest BCUT2D eigenvalue weighted by Gasteiger charge is 2.56. The Balaban J connectivity index is 1.08. The predicted octanol–water partition coefficient (Wildman–Crippen LogP) is 3.77. The number of amides is 2. The van der Waals surface area contributed by atoms with Crippen LogP contribution in [0.25, 0.3) is 11.2 Å². The molecule has 11 atom stereocenters. The topological polar surface area (TPSA) is 261 Å². The summed E-state index contributed by atoms with van der Waals surface area (Å²) in [5.74, 6) is -3.06. The van der Waals surface area contributed by atoms with E-state index in [2.05, 4.69) is 15.0 Å². The zero-order valence-electron chi connectivity index (χ0n) is 30.9. The molecule has 0 aliphatic carbocycles. The number of nitrogens with zero attached hydrogens (tertiary/aromatic N) is 4. The lowest BCUT2D eigenvalue weighted by atomic mass is 9.94. The average molecular weight is 895 g/mol. The van der Waals surface area contributed by atoms with Gasteiger partial charge in [-0.15, -0.1) is 0 Å². The number of nitrogens with one attached hydrogen (secondary N) is 1. The predicted molar refractivity (Wildman–Crippen MR) is 203 cm³/mol. The second-order valence-corrected chi connectivity index (χ2v) is 19.0. The van der Waals surface area contributed by atoms with Crippen molar-refractivity contribution in [2.75, 3.05) is 26.1 Å². The van der Waals surface area contributed by atoms with Crippen LogP contribution >= 0.6 is 26.0 Å². The molecule has 318 valence electrons. The van der Waals surface area contributed by atoms with Gasteiger partial charge in [0.25, 0.3) is 0 Å². The van der Waals surface area contributed by atoms with Gasteiger partial charge in [0, 0.05) is 11.8 Å². The Hall–Kier alpha value is -4.67. The smallest absolute Gasteiger partial charge is 0.472 e. The molecule has 4 N–H and O–H groups in total. The normalized spacial score (nSPS) is 33.3. The number of hydrogen-bond acceptors (Lipinski definition) is 18. The average Bonchev–Trinajstić information content (AvgIpc) is 3.89. The number of rotatable bonds is 8. The molecular formula is C35H34F2N6O14P2S. The molecule has 25 heteroatoms. The second kappa shape index (κ2) is 17.0. The first kappa shape index (κ1) is 42.0. The van der Waals surface area contributed by atoms with Crippen LogP contribution in [-0.2, 0) is 52.0 Å².